The molecule has 0 bridgehead atoms. The number of morpholine rings is 1. The summed E-state index contributed by atoms with van der Waals surface area (Å²) in [6, 6.07) is 8.09. The Bertz CT molecular complexity index is 438. The van der Waals surface area contributed by atoms with Crippen LogP contribution in [0.4, 0.5) is 0 Å². The molecule has 0 saturated carbocycles. The van der Waals surface area contributed by atoms with Gasteiger partial charge >= 0.3 is 5.97 Å². The maximum absolute atomic E-state index is 11.2. The largest absolute Gasteiger partial charge is 0.469 e. The number of ether oxygens (including phenoxy) is 2. The predicted octanol–water partition coefficient (Wildman–Crippen LogP) is 2.39. The topological polar surface area (TPSA) is 38.8 Å². The molecule has 1 aliphatic rings. The lowest BCUT2D eigenvalue weighted by Gasteiger charge is -2.33. The van der Waals surface area contributed by atoms with Crippen molar-refractivity contribution >= 4 is 21.9 Å². The van der Waals surface area contributed by atoms with Crippen LogP contribution in [0, 0.1) is 0 Å². The fourth-order valence-corrected chi connectivity index (χ4v) is 2.72. The summed E-state index contributed by atoms with van der Waals surface area (Å²) >= 11 is 3.55. The zero-order valence-electron chi connectivity index (χ0n) is 11.0. The van der Waals surface area contributed by atoms with Crippen LogP contribution < -0.4 is 0 Å². The molecule has 0 unspecified atom stereocenters. The molecule has 104 valence electrons. The number of benzene rings is 1. The fraction of sp³-hybridized carbons (Fsp3) is 0.500. The second kappa shape index (κ2) is 7.03. The van der Waals surface area contributed by atoms with Gasteiger partial charge in [-0.2, -0.15) is 0 Å². The highest BCUT2D eigenvalue weighted by atomic mass is 79.9. The third-order valence-electron chi connectivity index (χ3n) is 3.26. The van der Waals surface area contributed by atoms with Crippen LogP contribution in [0.3, 0.4) is 0 Å². The Morgan fingerprint density at radius 1 is 1.53 bits per heavy atom. The van der Waals surface area contributed by atoms with E-state index in [1.54, 1.807) is 0 Å². The number of carbonyl (C=O) groups excluding carboxylic acids is 1. The molecule has 0 aromatic heterocycles. The molecule has 1 aliphatic heterocycles. The van der Waals surface area contributed by atoms with Gasteiger partial charge in [-0.1, -0.05) is 34.1 Å². The Labute approximate surface area is 121 Å². The monoisotopic (exact) mass is 327 g/mol. The van der Waals surface area contributed by atoms with Crippen molar-refractivity contribution in [2.45, 2.75) is 12.5 Å². The van der Waals surface area contributed by atoms with E-state index in [1.165, 1.54) is 7.11 Å². The molecule has 4 nitrogen and oxygen atoms in total. The summed E-state index contributed by atoms with van der Waals surface area (Å²) in [5, 5.41) is 0. The molecule has 1 heterocycles. The zero-order chi connectivity index (χ0) is 13.7. The number of nitrogens with zero attached hydrogens (tertiary/aromatic N) is 1. The Morgan fingerprint density at radius 2 is 2.32 bits per heavy atom. The van der Waals surface area contributed by atoms with Crippen molar-refractivity contribution in [1.82, 2.24) is 4.90 Å². The van der Waals surface area contributed by atoms with Crippen LogP contribution in [0.15, 0.2) is 28.7 Å². The zero-order valence-corrected chi connectivity index (χ0v) is 12.6. The third kappa shape index (κ3) is 4.03. The molecule has 1 fully saturated rings. The number of esters is 1. The quantitative estimate of drug-likeness (QED) is 0.796. The van der Waals surface area contributed by atoms with Crippen molar-refractivity contribution < 1.29 is 14.3 Å². The minimum Gasteiger partial charge on any atom is -0.469 e. The van der Waals surface area contributed by atoms with E-state index in [0.717, 1.165) is 29.7 Å². The summed E-state index contributed by atoms with van der Waals surface area (Å²) < 4.78 is 11.6. The van der Waals surface area contributed by atoms with Crippen LogP contribution >= 0.6 is 15.9 Å². The third-order valence-corrected chi connectivity index (χ3v) is 3.98. The maximum atomic E-state index is 11.2. The highest BCUT2D eigenvalue weighted by Crippen LogP contribution is 2.28. The standard InChI is InChI=1S/C14H18BrNO3/c1-18-14(17)6-7-16-8-9-19-13(10-16)11-4-2-3-5-12(11)15/h2-5,13H,6-10H2,1H3/t13-/m0/s1. The Kier molecular flexibility index (Phi) is 5.36. The molecule has 2 rings (SSSR count). The van der Waals surface area contributed by atoms with Gasteiger partial charge in [0.25, 0.3) is 0 Å². The molecule has 0 aliphatic carbocycles. The average molecular weight is 328 g/mol. The lowest BCUT2D eigenvalue weighted by atomic mass is 10.1. The highest BCUT2D eigenvalue weighted by Gasteiger charge is 2.23. The molecule has 0 amide bonds. The maximum Gasteiger partial charge on any atom is 0.306 e. The van der Waals surface area contributed by atoms with Crippen molar-refractivity contribution in [2.24, 2.45) is 0 Å². The fourth-order valence-electron chi connectivity index (χ4n) is 2.18. The average Bonchev–Trinajstić information content (AvgIpc) is 2.45. The van der Waals surface area contributed by atoms with Crippen LogP contribution in [0.5, 0.6) is 0 Å². The Balaban J connectivity index is 1.94. The molecule has 1 atom stereocenters. The summed E-state index contributed by atoms with van der Waals surface area (Å²) in [4.78, 5) is 13.4. The first-order chi connectivity index (χ1) is 9.20. The molecule has 1 aromatic carbocycles. The molecule has 0 spiro atoms. The summed E-state index contributed by atoms with van der Waals surface area (Å²) in [7, 11) is 1.42. The van der Waals surface area contributed by atoms with Gasteiger partial charge in [0.15, 0.2) is 0 Å². The van der Waals surface area contributed by atoms with Gasteiger partial charge in [0, 0.05) is 24.1 Å². The lowest BCUT2D eigenvalue weighted by molar-refractivity contribution is -0.141. The van der Waals surface area contributed by atoms with Crippen molar-refractivity contribution in [3.8, 4) is 0 Å². The van der Waals surface area contributed by atoms with E-state index in [9.17, 15) is 4.79 Å². The predicted molar refractivity (Wildman–Crippen MR) is 75.9 cm³/mol. The summed E-state index contributed by atoms with van der Waals surface area (Å²) in [6.45, 7) is 3.07. The van der Waals surface area contributed by atoms with E-state index < -0.39 is 0 Å². The molecule has 19 heavy (non-hydrogen) atoms. The van der Waals surface area contributed by atoms with Crippen LogP contribution in [0.2, 0.25) is 0 Å². The van der Waals surface area contributed by atoms with Gasteiger partial charge in [-0.25, -0.2) is 0 Å². The van der Waals surface area contributed by atoms with Crippen LogP contribution in [0.1, 0.15) is 18.1 Å². The van der Waals surface area contributed by atoms with Crippen LogP contribution in [-0.4, -0.2) is 44.2 Å². The first-order valence-corrected chi connectivity index (χ1v) is 7.15. The molecule has 5 heteroatoms. The van der Waals surface area contributed by atoms with Crippen molar-refractivity contribution in [2.75, 3.05) is 33.4 Å². The summed E-state index contributed by atoms with van der Waals surface area (Å²) in [5.74, 6) is -0.163. The first kappa shape index (κ1) is 14.5. The SMILES string of the molecule is COC(=O)CCN1CCO[C@H](c2ccccc2Br)C1. The van der Waals surface area contributed by atoms with E-state index in [4.69, 9.17) is 4.74 Å². The smallest absolute Gasteiger partial charge is 0.306 e. The molecule has 0 radical (unpaired) electrons. The minimum atomic E-state index is -0.163. The number of halogens is 1. The second-order valence-corrected chi connectivity index (χ2v) is 5.36. The molecular formula is C14H18BrNO3. The van der Waals surface area contributed by atoms with Crippen molar-refractivity contribution in [3.05, 3.63) is 34.3 Å². The molecule has 0 N–H and O–H groups in total. The van der Waals surface area contributed by atoms with Gasteiger partial charge in [0.2, 0.25) is 0 Å². The number of hydrogen-bond acceptors (Lipinski definition) is 4. The normalized spacial score (nSPS) is 20.2. The summed E-state index contributed by atoms with van der Waals surface area (Å²) in [6.07, 6.45) is 0.487. The van der Waals surface area contributed by atoms with Crippen LogP contribution in [0.25, 0.3) is 0 Å². The lowest BCUT2D eigenvalue weighted by Crippen LogP contribution is -2.39. The van der Waals surface area contributed by atoms with E-state index in [2.05, 4.69) is 31.6 Å². The van der Waals surface area contributed by atoms with E-state index in [-0.39, 0.29) is 12.1 Å². The van der Waals surface area contributed by atoms with Crippen molar-refractivity contribution in [1.29, 1.82) is 0 Å². The van der Waals surface area contributed by atoms with Gasteiger partial charge in [-0.3, -0.25) is 9.69 Å². The van der Waals surface area contributed by atoms with Crippen molar-refractivity contribution in [3.63, 3.8) is 0 Å². The van der Waals surface area contributed by atoms with E-state index in [1.807, 2.05) is 18.2 Å². The van der Waals surface area contributed by atoms with E-state index in [0.29, 0.717) is 13.0 Å². The second-order valence-electron chi connectivity index (χ2n) is 4.51. The first-order valence-electron chi connectivity index (χ1n) is 6.36. The van der Waals surface area contributed by atoms with E-state index >= 15 is 0 Å². The Hall–Kier alpha value is -0.910. The summed E-state index contributed by atoms with van der Waals surface area (Å²) in [5.41, 5.74) is 1.16. The van der Waals surface area contributed by atoms with Gasteiger partial charge in [0.05, 0.1) is 26.2 Å². The number of methoxy groups -OCH3 is 1. The van der Waals surface area contributed by atoms with Gasteiger partial charge in [-0.05, 0) is 11.6 Å². The highest BCUT2D eigenvalue weighted by molar-refractivity contribution is 9.10. The Morgan fingerprint density at radius 3 is 3.05 bits per heavy atom. The molecular weight excluding hydrogens is 310 g/mol. The van der Waals surface area contributed by atoms with Gasteiger partial charge in [-0.15, -0.1) is 0 Å². The molecule has 1 saturated heterocycles. The van der Waals surface area contributed by atoms with Gasteiger partial charge < -0.3 is 9.47 Å². The van der Waals surface area contributed by atoms with Crippen LogP contribution in [-0.2, 0) is 14.3 Å². The molecule has 1 aromatic rings. The minimum absolute atomic E-state index is 0.0574. The number of hydrogen-bond donors (Lipinski definition) is 0. The number of carbonyl (C=O) groups is 1. The van der Waals surface area contributed by atoms with Gasteiger partial charge in [0.1, 0.15) is 0 Å². The number of rotatable bonds is 4.